The molecule has 1 nitrogen and oxygen atoms in total. The molecule has 0 fully saturated rings. The minimum Gasteiger partial charge on any atom is -0.298 e. The molecule has 0 aromatic carbocycles. The third-order valence-corrected chi connectivity index (χ3v) is 12.5. The van der Waals surface area contributed by atoms with Crippen molar-refractivity contribution in [1.29, 1.82) is 0 Å². The van der Waals surface area contributed by atoms with Gasteiger partial charge in [-0.3, -0.25) is 4.79 Å². The molecule has 0 aromatic heterocycles. The topological polar surface area (TPSA) is 17.1 Å². The van der Waals surface area contributed by atoms with Crippen LogP contribution in [0.3, 0.4) is 0 Å². The largest absolute Gasteiger partial charge is 0.298 e. The minimum atomic E-state index is -0.0736. The smallest absolute Gasteiger partial charge is 0.145 e. The van der Waals surface area contributed by atoms with Crippen LogP contribution in [-0.4, -0.2) is 5.78 Å². The zero-order valence-electron chi connectivity index (χ0n) is 36.2. The molecule has 50 heavy (non-hydrogen) atoms. The van der Waals surface area contributed by atoms with Gasteiger partial charge in [0, 0.05) is 10.8 Å². The fourth-order valence-corrected chi connectivity index (χ4v) is 9.10. The molecule has 0 spiro atoms. The molecule has 0 saturated carbocycles. The van der Waals surface area contributed by atoms with Crippen molar-refractivity contribution >= 4 is 5.78 Å². The fraction of sp³-hybridized carbons (Fsp3) is 0.980. The lowest BCUT2D eigenvalue weighted by Crippen LogP contribution is -2.44. The van der Waals surface area contributed by atoms with Gasteiger partial charge in [-0.25, -0.2) is 0 Å². The molecule has 1 heteroatoms. The Kier molecular flexibility index (Phi) is 36.8. The minimum absolute atomic E-state index is 0.0736. The van der Waals surface area contributed by atoms with Crippen molar-refractivity contribution in [2.45, 2.75) is 298 Å². The molecule has 0 radical (unpaired) electrons. The van der Waals surface area contributed by atoms with E-state index in [0.717, 1.165) is 5.78 Å². The van der Waals surface area contributed by atoms with Crippen LogP contribution in [0.4, 0.5) is 0 Å². The van der Waals surface area contributed by atoms with Gasteiger partial charge in [0.15, 0.2) is 0 Å². The van der Waals surface area contributed by atoms with E-state index in [-0.39, 0.29) is 10.8 Å². The molecule has 0 aromatic rings. The molecule has 0 atom stereocenters. The summed E-state index contributed by atoms with van der Waals surface area (Å²) in [5.41, 5.74) is -0.147. The quantitative estimate of drug-likeness (QED) is 0.0579. The summed E-state index contributed by atoms with van der Waals surface area (Å²) >= 11 is 0. The molecule has 0 rings (SSSR count). The second-order valence-corrected chi connectivity index (χ2v) is 17.3. The van der Waals surface area contributed by atoms with Crippen molar-refractivity contribution in [2.24, 2.45) is 10.8 Å². The first-order valence-electron chi connectivity index (χ1n) is 24.1. The third-order valence-electron chi connectivity index (χ3n) is 12.5. The summed E-state index contributed by atoms with van der Waals surface area (Å²) in [4.78, 5) is 16.0. The number of unbranched alkanes of at least 4 members (excludes halogenated alkanes) is 28. The second kappa shape index (κ2) is 37.0. The highest BCUT2D eigenvalue weighted by atomic mass is 16.1. The summed E-state index contributed by atoms with van der Waals surface area (Å²) in [5, 5.41) is 0. The van der Waals surface area contributed by atoms with Crippen LogP contribution < -0.4 is 0 Å². The number of carbonyl (C=O) groups is 1. The molecule has 0 aliphatic carbocycles. The van der Waals surface area contributed by atoms with Crippen LogP contribution in [0.2, 0.25) is 0 Å². The summed E-state index contributed by atoms with van der Waals surface area (Å²) in [6.07, 6.45) is 52.5. The molecule has 0 saturated heterocycles. The molecular formula is C49H98O. The first-order chi connectivity index (χ1) is 24.5. The highest BCUT2D eigenvalue weighted by Gasteiger charge is 2.48. The zero-order chi connectivity index (χ0) is 36.9. The molecule has 0 bridgehead atoms. The Bertz CT molecular complexity index is 595. The molecule has 0 heterocycles. The highest BCUT2D eigenvalue weighted by Crippen LogP contribution is 2.50. The molecule has 0 unspecified atom stereocenters. The third kappa shape index (κ3) is 25.6. The van der Waals surface area contributed by atoms with Gasteiger partial charge in [-0.1, -0.05) is 260 Å². The predicted molar refractivity (Wildman–Crippen MR) is 229 cm³/mol. The van der Waals surface area contributed by atoms with Crippen molar-refractivity contribution in [3.05, 3.63) is 0 Å². The Morgan fingerprint density at radius 2 is 0.380 bits per heavy atom. The van der Waals surface area contributed by atoms with E-state index in [1.165, 1.54) is 257 Å². The summed E-state index contributed by atoms with van der Waals surface area (Å²) in [6, 6.07) is 0. The molecule has 0 aliphatic heterocycles. The van der Waals surface area contributed by atoms with Crippen LogP contribution in [0.25, 0.3) is 0 Å². The number of hydrogen-bond acceptors (Lipinski definition) is 1. The average molecular weight is 703 g/mol. The molecule has 0 amide bonds. The van der Waals surface area contributed by atoms with Gasteiger partial charge in [-0.2, -0.15) is 0 Å². The highest BCUT2D eigenvalue weighted by molar-refractivity contribution is 5.90. The van der Waals surface area contributed by atoms with E-state index in [1.54, 1.807) is 0 Å². The van der Waals surface area contributed by atoms with E-state index in [0.29, 0.717) is 0 Å². The van der Waals surface area contributed by atoms with E-state index >= 15 is 4.79 Å². The van der Waals surface area contributed by atoms with Crippen molar-refractivity contribution in [1.82, 2.24) is 0 Å². The maximum Gasteiger partial charge on any atom is 0.145 e. The first kappa shape index (κ1) is 49.7. The van der Waals surface area contributed by atoms with Gasteiger partial charge in [-0.05, 0) is 38.5 Å². The van der Waals surface area contributed by atoms with Crippen LogP contribution in [0.5, 0.6) is 0 Å². The van der Waals surface area contributed by atoms with Gasteiger partial charge in [0.25, 0.3) is 0 Å². The lowest BCUT2D eigenvalue weighted by atomic mass is 9.58. The standard InChI is InChI=1S/C49H98O/c1-7-13-19-25-27-33-39-45-48(41-35-29-21-15-9-3,42-36-30-22-16-10-4)47(50)49(43-37-31-23-17-11-5,44-38-32-24-18-12-6)46-40-34-28-26-20-14-8-2/h7-46H2,1-6H3. The SMILES string of the molecule is CCCCCCCCCC(CCCCCCC)(CCCCCCC)C(=O)C(CCCCCCC)(CCCCCCC)CCCCCCCCC. The normalized spacial score (nSPS) is 12.3. The van der Waals surface area contributed by atoms with Gasteiger partial charge < -0.3 is 0 Å². The zero-order valence-corrected chi connectivity index (χ0v) is 36.2. The van der Waals surface area contributed by atoms with Gasteiger partial charge in [-0.15, -0.1) is 0 Å². The maximum atomic E-state index is 16.0. The summed E-state index contributed by atoms with van der Waals surface area (Å²) < 4.78 is 0. The van der Waals surface area contributed by atoms with Crippen molar-refractivity contribution < 1.29 is 4.79 Å². The fourth-order valence-electron chi connectivity index (χ4n) is 9.10. The van der Waals surface area contributed by atoms with E-state index in [1.807, 2.05) is 0 Å². The first-order valence-corrected chi connectivity index (χ1v) is 24.1. The van der Waals surface area contributed by atoms with Crippen molar-refractivity contribution in [2.75, 3.05) is 0 Å². The average Bonchev–Trinajstić information content (AvgIpc) is 3.12. The van der Waals surface area contributed by atoms with E-state index in [9.17, 15) is 0 Å². The maximum absolute atomic E-state index is 16.0. The van der Waals surface area contributed by atoms with Crippen LogP contribution in [0.1, 0.15) is 298 Å². The van der Waals surface area contributed by atoms with Gasteiger partial charge in [0.2, 0.25) is 0 Å². The van der Waals surface area contributed by atoms with Crippen LogP contribution in [0, 0.1) is 10.8 Å². The summed E-state index contributed by atoms with van der Waals surface area (Å²) in [7, 11) is 0. The Morgan fingerprint density at radius 1 is 0.240 bits per heavy atom. The molecule has 300 valence electrons. The van der Waals surface area contributed by atoms with Crippen LogP contribution in [0.15, 0.2) is 0 Å². The lowest BCUT2D eigenvalue weighted by molar-refractivity contribution is -0.143. The monoisotopic (exact) mass is 703 g/mol. The Morgan fingerprint density at radius 3 is 0.540 bits per heavy atom. The number of Topliss-reactive ketones (excluding diaryl/α,β-unsaturated/α-hetero) is 1. The molecular weight excluding hydrogens is 605 g/mol. The molecule has 0 aliphatic rings. The Labute approximate surface area is 318 Å². The predicted octanol–water partition coefficient (Wildman–Crippen LogP) is 18.3. The summed E-state index contributed by atoms with van der Waals surface area (Å²) in [5.74, 6) is 0.805. The van der Waals surface area contributed by atoms with Crippen LogP contribution in [-0.2, 0) is 4.79 Å². The van der Waals surface area contributed by atoms with Crippen LogP contribution >= 0.6 is 0 Å². The molecule has 0 N–H and O–H groups in total. The van der Waals surface area contributed by atoms with Gasteiger partial charge in [0.05, 0.1) is 0 Å². The lowest BCUT2D eigenvalue weighted by Gasteiger charge is -2.44. The number of rotatable bonds is 42. The Hall–Kier alpha value is -0.330. The second-order valence-electron chi connectivity index (χ2n) is 17.3. The van der Waals surface area contributed by atoms with Crippen molar-refractivity contribution in [3.8, 4) is 0 Å². The number of carbonyl (C=O) groups excluding carboxylic acids is 1. The van der Waals surface area contributed by atoms with E-state index in [2.05, 4.69) is 41.5 Å². The van der Waals surface area contributed by atoms with Crippen molar-refractivity contribution in [3.63, 3.8) is 0 Å². The Balaban J connectivity index is 6.50. The summed E-state index contributed by atoms with van der Waals surface area (Å²) in [6.45, 7) is 14.0. The van der Waals surface area contributed by atoms with E-state index < -0.39 is 0 Å². The number of ketones is 1. The van der Waals surface area contributed by atoms with Gasteiger partial charge in [0.1, 0.15) is 5.78 Å². The number of hydrogen-bond donors (Lipinski definition) is 0. The van der Waals surface area contributed by atoms with E-state index in [4.69, 9.17) is 0 Å². The van der Waals surface area contributed by atoms with Gasteiger partial charge >= 0.3 is 0 Å².